The number of fused-ring (bicyclic) bond motifs is 1. The Morgan fingerprint density at radius 3 is 2.62 bits per heavy atom. The van der Waals surface area contributed by atoms with Crippen molar-refractivity contribution in [3.8, 4) is 11.4 Å². The van der Waals surface area contributed by atoms with Gasteiger partial charge in [0.1, 0.15) is 17.4 Å². The Morgan fingerprint density at radius 2 is 1.90 bits per heavy atom. The Morgan fingerprint density at radius 1 is 1.14 bits per heavy atom. The summed E-state index contributed by atoms with van der Waals surface area (Å²) < 4.78 is 34.9. The average molecular weight is 306 g/mol. The third-order valence-electron chi connectivity index (χ3n) is 3.36. The number of nitrogens with zero attached hydrogens (tertiary/aromatic N) is 1. The summed E-state index contributed by atoms with van der Waals surface area (Å²) in [7, 11) is 1.54. The lowest BCUT2D eigenvalue weighted by Crippen LogP contribution is -2.00. The minimum absolute atomic E-state index is 0.0719. The van der Waals surface area contributed by atoms with Crippen LogP contribution in [0, 0.1) is 23.3 Å². The summed E-state index contributed by atoms with van der Waals surface area (Å²) in [6.07, 6.45) is 0. The van der Waals surface area contributed by atoms with Gasteiger partial charge < -0.3 is 9.72 Å². The zero-order valence-corrected chi connectivity index (χ0v) is 12.2. The highest BCUT2D eigenvalue weighted by molar-refractivity contribution is 7.71. The molecule has 2 aromatic carbocycles. The van der Waals surface area contributed by atoms with Gasteiger partial charge in [-0.3, -0.25) is 4.57 Å². The zero-order valence-electron chi connectivity index (χ0n) is 11.4. The molecule has 108 valence electrons. The Hall–Kier alpha value is -2.21. The van der Waals surface area contributed by atoms with E-state index in [-0.39, 0.29) is 11.3 Å². The maximum Gasteiger partial charge on any atom is 0.182 e. The highest BCUT2D eigenvalue weighted by Crippen LogP contribution is 2.26. The lowest BCUT2D eigenvalue weighted by molar-refractivity contribution is 0.415. The Balaban J connectivity index is 2.36. The molecule has 0 radical (unpaired) electrons. The van der Waals surface area contributed by atoms with Crippen molar-refractivity contribution in [3.63, 3.8) is 0 Å². The van der Waals surface area contributed by atoms with Gasteiger partial charge in [0.05, 0.1) is 23.8 Å². The number of halogens is 2. The number of ether oxygens (including phenoxy) is 1. The predicted octanol–water partition coefficient (Wildman–Crippen LogP) is 4.28. The second kappa shape index (κ2) is 4.96. The third-order valence-corrected chi connectivity index (χ3v) is 3.64. The Bertz CT molecular complexity index is 899. The molecule has 0 saturated heterocycles. The molecule has 1 N–H and O–H groups in total. The maximum atomic E-state index is 14.2. The minimum Gasteiger partial charge on any atom is -0.497 e. The van der Waals surface area contributed by atoms with E-state index in [4.69, 9.17) is 17.0 Å². The molecule has 0 amide bonds. The summed E-state index contributed by atoms with van der Waals surface area (Å²) in [6, 6.07) is 7.57. The van der Waals surface area contributed by atoms with Gasteiger partial charge in [-0.05, 0) is 42.9 Å². The summed E-state index contributed by atoms with van der Waals surface area (Å²) in [5.41, 5.74) is 1.67. The van der Waals surface area contributed by atoms with Crippen molar-refractivity contribution >= 4 is 23.3 Å². The van der Waals surface area contributed by atoms with Gasteiger partial charge in [0.2, 0.25) is 0 Å². The van der Waals surface area contributed by atoms with Crippen LogP contribution in [0.3, 0.4) is 0 Å². The van der Waals surface area contributed by atoms with Crippen molar-refractivity contribution in [2.75, 3.05) is 7.11 Å². The molecule has 0 aliphatic rings. The topological polar surface area (TPSA) is 29.9 Å². The number of methoxy groups -OCH3 is 1. The van der Waals surface area contributed by atoms with Crippen molar-refractivity contribution in [2.24, 2.45) is 0 Å². The van der Waals surface area contributed by atoms with Crippen molar-refractivity contribution in [1.29, 1.82) is 0 Å². The van der Waals surface area contributed by atoms with Gasteiger partial charge in [0.15, 0.2) is 4.77 Å². The zero-order chi connectivity index (χ0) is 15.1. The molecule has 0 saturated carbocycles. The first-order valence-corrected chi connectivity index (χ1v) is 6.67. The van der Waals surface area contributed by atoms with Crippen LogP contribution in [0.15, 0.2) is 30.3 Å². The summed E-state index contributed by atoms with van der Waals surface area (Å²) in [6.45, 7) is 1.51. The fourth-order valence-electron chi connectivity index (χ4n) is 2.26. The van der Waals surface area contributed by atoms with E-state index in [1.807, 2.05) is 0 Å². The number of hydrogen-bond acceptors (Lipinski definition) is 2. The normalized spacial score (nSPS) is 11.0. The molecule has 3 nitrogen and oxygen atoms in total. The first-order valence-electron chi connectivity index (χ1n) is 6.26. The van der Waals surface area contributed by atoms with E-state index in [1.54, 1.807) is 25.3 Å². The Labute approximate surface area is 124 Å². The quantitative estimate of drug-likeness (QED) is 0.716. The molecule has 6 heteroatoms. The largest absolute Gasteiger partial charge is 0.497 e. The second-order valence-electron chi connectivity index (χ2n) is 4.70. The molecule has 0 unspecified atom stereocenters. The number of H-pyrrole nitrogens is 1. The number of rotatable bonds is 2. The van der Waals surface area contributed by atoms with E-state index >= 15 is 0 Å². The smallest absolute Gasteiger partial charge is 0.182 e. The van der Waals surface area contributed by atoms with Crippen LogP contribution in [0.5, 0.6) is 5.75 Å². The molecule has 3 aromatic rings. The van der Waals surface area contributed by atoms with E-state index in [0.29, 0.717) is 16.0 Å². The standard InChI is InChI=1S/C15H12F2N2OS/c1-8-5-11(17)13(7-10(8)16)19-14-6-9(20-2)3-4-12(14)18-15(19)21/h3-7H,1-2H3,(H,18,21). The van der Waals surface area contributed by atoms with Crippen LogP contribution in [0.25, 0.3) is 16.7 Å². The van der Waals surface area contributed by atoms with E-state index in [0.717, 1.165) is 17.6 Å². The minimum atomic E-state index is -0.534. The molecule has 21 heavy (non-hydrogen) atoms. The third kappa shape index (κ3) is 2.21. The van der Waals surface area contributed by atoms with Crippen LogP contribution >= 0.6 is 12.2 Å². The fraction of sp³-hybridized carbons (Fsp3) is 0.133. The first-order chi connectivity index (χ1) is 10.0. The van der Waals surface area contributed by atoms with Crippen molar-refractivity contribution in [3.05, 3.63) is 52.3 Å². The number of nitrogens with one attached hydrogen (secondary N) is 1. The molecule has 1 aromatic heterocycles. The fourth-order valence-corrected chi connectivity index (χ4v) is 2.56. The van der Waals surface area contributed by atoms with Gasteiger partial charge in [-0.15, -0.1) is 0 Å². The van der Waals surface area contributed by atoms with Crippen LogP contribution in [0.4, 0.5) is 8.78 Å². The Kier molecular flexibility index (Phi) is 3.25. The van der Waals surface area contributed by atoms with Crippen LogP contribution in [-0.4, -0.2) is 16.7 Å². The van der Waals surface area contributed by atoms with E-state index in [2.05, 4.69) is 4.98 Å². The maximum absolute atomic E-state index is 14.2. The lowest BCUT2D eigenvalue weighted by Gasteiger charge is -2.08. The van der Waals surface area contributed by atoms with Crippen molar-refractivity contribution < 1.29 is 13.5 Å². The van der Waals surface area contributed by atoms with Gasteiger partial charge >= 0.3 is 0 Å². The molecule has 0 aliphatic heterocycles. The highest BCUT2D eigenvalue weighted by atomic mass is 32.1. The second-order valence-corrected chi connectivity index (χ2v) is 5.09. The summed E-state index contributed by atoms with van der Waals surface area (Å²) in [5.74, 6) is -0.405. The number of aryl methyl sites for hydroxylation is 1. The van der Waals surface area contributed by atoms with Crippen LogP contribution < -0.4 is 4.74 Å². The molecule has 0 fully saturated rings. The highest BCUT2D eigenvalue weighted by Gasteiger charge is 2.14. The molecule has 1 heterocycles. The number of hydrogen-bond donors (Lipinski definition) is 1. The van der Waals surface area contributed by atoms with Gasteiger partial charge in [0.25, 0.3) is 0 Å². The SMILES string of the molecule is COc1ccc2[nH]c(=S)n(-c3cc(F)c(C)cc3F)c2c1. The van der Waals surface area contributed by atoms with Gasteiger partial charge in [0, 0.05) is 12.1 Å². The van der Waals surface area contributed by atoms with Crippen molar-refractivity contribution in [1.82, 2.24) is 9.55 Å². The first kappa shape index (κ1) is 13.8. The molecule has 0 aliphatic carbocycles. The molecular weight excluding hydrogens is 294 g/mol. The summed E-state index contributed by atoms with van der Waals surface area (Å²) in [4.78, 5) is 2.97. The van der Waals surface area contributed by atoms with Gasteiger partial charge in [-0.1, -0.05) is 0 Å². The average Bonchev–Trinajstić information content (AvgIpc) is 2.78. The number of aromatic nitrogens is 2. The molecule has 0 spiro atoms. The van der Waals surface area contributed by atoms with Crippen molar-refractivity contribution in [2.45, 2.75) is 6.92 Å². The monoisotopic (exact) mass is 306 g/mol. The number of imidazole rings is 1. The molecular formula is C15H12F2N2OS. The van der Waals surface area contributed by atoms with Crippen LogP contribution in [-0.2, 0) is 0 Å². The van der Waals surface area contributed by atoms with E-state index in [1.165, 1.54) is 11.5 Å². The molecule has 0 atom stereocenters. The molecule has 3 rings (SSSR count). The van der Waals surface area contributed by atoms with Crippen LogP contribution in [0.1, 0.15) is 5.56 Å². The number of benzene rings is 2. The summed E-state index contributed by atoms with van der Waals surface area (Å²) in [5, 5.41) is 0. The van der Waals surface area contributed by atoms with E-state index < -0.39 is 11.6 Å². The number of aromatic amines is 1. The lowest BCUT2D eigenvalue weighted by atomic mass is 10.2. The molecule has 0 bridgehead atoms. The van der Waals surface area contributed by atoms with Gasteiger partial charge in [-0.2, -0.15) is 0 Å². The predicted molar refractivity (Wildman–Crippen MR) is 79.7 cm³/mol. The summed E-state index contributed by atoms with van der Waals surface area (Å²) >= 11 is 5.23. The van der Waals surface area contributed by atoms with E-state index in [9.17, 15) is 8.78 Å². The van der Waals surface area contributed by atoms with Gasteiger partial charge in [-0.25, -0.2) is 8.78 Å². The van der Waals surface area contributed by atoms with Crippen LogP contribution in [0.2, 0.25) is 0 Å².